The molecule has 0 amide bonds. The van der Waals surface area contributed by atoms with Crippen molar-refractivity contribution in [2.45, 2.75) is 26.2 Å². The number of rotatable bonds is 4. The van der Waals surface area contributed by atoms with Gasteiger partial charge >= 0.3 is 0 Å². The molecule has 0 saturated heterocycles. The third-order valence-corrected chi connectivity index (χ3v) is 3.52. The van der Waals surface area contributed by atoms with Gasteiger partial charge in [0.05, 0.1) is 0 Å². The van der Waals surface area contributed by atoms with Crippen molar-refractivity contribution in [3.05, 3.63) is 42.5 Å². The topological polar surface area (TPSA) is 12.0 Å². The van der Waals surface area contributed by atoms with E-state index < -0.39 is 0 Å². The molecule has 0 aromatic heterocycles. The largest absolute Gasteiger partial charge is 0.385 e. The standard InChI is InChI=1S/C15H21N/c1-13(14-8-4-2-5-9-14)12-16-15-10-6-3-7-11-15/h2-4,6-7,10-11,13-14,16H,5,8-9,12H2,1H3. The summed E-state index contributed by atoms with van der Waals surface area (Å²) in [6, 6.07) is 10.5. The molecule has 0 heterocycles. The fraction of sp³-hybridized carbons (Fsp3) is 0.467. The molecule has 1 aliphatic rings. The van der Waals surface area contributed by atoms with Gasteiger partial charge in [0.25, 0.3) is 0 Å². The van der Waals surface area contributed by atoms with Gasteiger partial charge in [-0.3, -0.25) is 0 Å². The lowest BCUT2D eigenvalue weighted by molar-refractivity contribution is 0.345. The Hall–Kier alpha value is -1.24. The van der Waals surface area contributed by atoms with Crippen LogP contribution in [0.5, 0.6) is 0 Å². The summed E-state index contributed by atoms with van der Waals surface area (Å²) in [5.74, 6) is 1.62. The highest BCUT2D eigenvalue weighted by Crippen LogP contribution is 2.26. The molecule has 86 valence electrons. The number of para-hydroxylation sites is 1. The molecule has 2 atom stereocenters. The molecule has 0 spiro atoms. The zero-order chi connectivity index (χ0) is 11.2. The maximum Gasteiger partial charge on any atom is 0.0340 e. The SMILES string of the molecule is CC(CNc1ccccc1)C1CC=CCC1. The number of anilines is 1. The van der Waals surface area contributed by atoms with Gasteiger partial charge in [0, 0.05) is 12.2 Å². The van der Waals surface area contributed by atoms with E-state index in [0.717, 1.165) is 18.4 Å². The normalized spacial score (nSPS) is 21.7. The summed E-state index contributed by atoms with van der Waals surface area (Å²) in [5.41, 5.74) is 1.24. The second kappa shape index (κ2) is 5.74. The van der Waals surface area contributed by atoms with E-state index in [1.165, 1.54) is 24.9 Å². The molecular formula is C15H21N. The Labute approximate surface area is 98.6 Å². The number of benzene rings is 1. The summed E-state index contributed by atoms with van der Waals surface area (Å²) >= 11 is 0. The van der Waals surface area contributed by atoms with Crippen LogP contribution >= 0.6 is 0 Å². The molecule has 0 aliphatic heterocycles. The molecule has 1 aromatic carbocycles. The molecule has 1 nitrogen and oxygen atoms in total. The predicted octanol–water partition coefficient (Wildman–Crippen LogP) is 4.09. The van der Waals surface area contributed by atoms with Crippen LogP contribution in [0.4, 0.5) is 5.69 Å². The summed E-state index contributed by atoms with van der Waals surface area (Å²) in [6.45, 7) is 3.45. The minimum atomic E-state index is 0.755. The zero-order valence-electron chi connectivity index (χ0n) is 10.0. The van der Waals surface area contributed by atoms with Crippen molar-refractivity contribution in [2.24, 2.45) is 11.8 Å². The van der Waals surface area contributed by atoms with Gasteiger partial charge < -0.3 is 5.32 Å². The van der Waals surface area contributed by atoms with E-state index in [1.54, 1.807) is 0 Å². The van der Waals surface area contributed by atoms with E-state index in [9.17, 15) is 0 Å². The van der Waals surface area contributed by atoms with Gasteiger partial charge in [-0.05, 0) is 43.2 Å². The van der Waals surface area contributed by atoms with Crippen molar-refractivity contribution in [1.82, 2.24) is 0 Å². The van der Waals surface area contributed by atoms with E-state index in [0.29, 0.717) is 0 Å². The summed E-state index contributed by atoms with van der Waals surface area (Å²) in [4.78, 5) is 0. The first kappa shape index (κ1) is 11.3. The van der Waals surface area contributed by atoms with Gasteiger partial charge in [-0.25, -0.2) is 0 Å². The van der Waals surface area contributed by atoms with Crippen LogP contribution in [0.2, 0.25) is 0 Å². The van der Waals surface area contributed by atoms with Gasteiger partial charge in [0.15, 0.2) is 0 Å². The third-order valence-electron chi connectivity index (χ3n) is 3.52. The van der Waals surface area contributed by atoms with Crippen LogP contribution in [0.3, 0.4) is 0 Å². The van der Waals surface area contributed by atoms with Crippen molar-refractivity contribution in [1.29, 1.82) is 0 Å². The fourth-order valence-electron chi connectivity index (χ4n) is 2.34. The van der Waals surface area contributed by atoms with Crippen molar-refractivity contribution in [3.8, 4) is 0 Å². The molecule has 2 rings (SSSR count). The second-order valence-electron chi connectivity index (χ2n) is 4.77. The average molecular weight is 215 g/mol. The molecule has 0 bridgehead atoms. The van der Waals surface area contributed by atoms with Crippen LogP contribution in [0.1, 0.15) is 26.2 Å². The molecule has 1 N–H and O–H groups in total. The van der Waals surface area contributed by atoms with Gasteiger partial charge in [0.1, 0.15) is 0 Å². The molecule has 1 heteroatoms. The Morgan fingerprint density at radius 3 is 2.75 bits per heavy atom. The smallest absolute Gasteiger partial charge is 0.0340 e. The van der Waals surface area contributed by atoms with Gasteiger partial charge in [-0.2, -0.15) is 0 Å². The fourth-order valence-corrected chi connectivity index (χ4v) is 2.34. The molecule has 2 unspecified atom stereocenters. The van der Waals surface area contributed by atoms with Gasteiger partial charge in [-0.1, -0.05) is 37.3 Å². The summed E-state index contributed by atoms with van der Waals surface area (Å²) in [5, 5.41) is 3.52. The second-order valence-corrected chi connectivity index (χ2v) is 4.77. The quantitative estimate of drug-likeness (QED) is 0.746. The lowest BCUT2D eigenvalue weighted by Crippen LogP contribution is -2.21. The minimum Gasteiger partial charge on any atom is -0.385 e. The summed E-state index contributed by atoms with van der Waals surface area (Å²) in [7, 11) is 0. The van der Waals surface area contributed by atoms with Crippen molar-refractivity contribution in [3.63, 3.8) is 0 Å². The average Bonchev–Trinajstić information content (AvgIpc) is 2.38. The summed E-state index contributed by atoms with van der Waals surface area (Å²) in [6.07, 6.45) is 8.53. The number of nitrogens with one attached hydrogen (secondary N) is 1. The number of allylic oxidation sites excluding steroid dienone is 2. The molecular weight excluding hydrogens is 194 g/mol. The lowest BCUT2D eigenvalue weighted by Gasteiger charge is -2.25. The number of hydrogen-bond donors (Lipinski definition) is 1. The van der Waals surface area contributed by atoms with Gasteiger partial charge in [-0.15, -0.1) is 0 Å². The Bertz CT molecular complexity index is 329. The van der Waals surface area contributed by atoms with E-state index in [1.807, 2.05) is 0 Å². The molecule has 0 radical (unpaired) electrons. The van der Waals surface area contributed by atoms with Crippen LogP contribution < -0.4 is 5.32 Å². The molecule has 0 saturated carbocycles. The van der Waals surface area contributed by atoms with E-state index in [-0.39, 0.29) is 0 Å². The first-order chi connectivity index (χ1) is 7.86. The van der Waals surface area contributed by atoms with Crippen molar-refractivity contribution in [2.75, 3.05) is 11.9 Å². The van der Waals surface area contributed by atoms with E-state index >= 15 is 0 Å². The van der Waals surface area contributed by atoms with Crippen molar-refractivity contribution < 1.29 is 0 Å². The zero-order valence-corrected chi connectivity index (χ0v) is 10.0. The molecule has 1 aliphatic carbocycles. The lowest BCUT2D eigenvalue weighted by atomic mass is 9.84. The highest BCUT2D eigenvalue weighted by atomic mass is 14.9. The first-order valence-corrected chi connectivity index (χ1v) is 6.30. The van der Waals surface area contributed by atoms with Crippen LogP contribution in [-0.4, -0.2) is 6.54 Å². The number of hydrogen-bond acceptors (Lipinski definition) is 1. The Balaban J connectivity index is 1.79. The Morgan fingerprint density at radius 2 is 2.06 bits per heavy atom. The molecule has 0 fully saturated rings. The Morgan fingerprint density at radius 1 is 1.25 bits per heavy atom. The van der Waals surface area contributed by atoms with E-state index in [4.69, 9.17) is 0 Å². The van der Waals surface area contributed by atoms with Crippen LogP contribution in [0.25, 0.3) is 0 Å². The maximum atomic E-state index is 3.52. The predicted molar refractivity (Wildman–Crippen MR) is 70.6 cm³/mol. The molecule has 1 aromatic rings. The third kappa shape index (κ3) is 3.13. The highest BCUT2D eigenvalue weighted by Gasteiger charge is 2.17. The first-order valence-electron chi connectivity index (χ1n) is 6.30. The monoisotopic (exact) mass is 215 g/mol. The minimum absolute atomic E-state index is 0.755. The van der Waals surface area contributed by atoms with E-state index in [2.05, 4.69) is 54.7 Å². The Kier molecular flexibility index (Phi) is 4.03. The van der Waals surface area contributed by atoms with Crippen LogP contribution in [-0.2, 0) is 0 Å². The van der Waals surface area contributed by atoms with Crippen molar-refractivity contribution >= 4 is 5.69 Å². The van der Waals surface area contributed by atoms with Crippen LogP contribution in [0, 0.1) is 11.8 Å². The highest BCUT2D eigenvalue weighted by molar-refractivity contribution is 5.42. The van der Waals surface area contributed by atoms with Gasteiger partial charge in [0.2, 0.25) is 0 Å². The maximum absolute atomic E-state index is 3.52. The molecule has 16 heavy (non-hydrogen) atoms. The van der Waals surface area contributed by atoms with Crippen LogP contribution in [0.15, 0.2) is 42.5 Å². The summed E-state index contributed by atoms with van der Waals surface area (Å²) < 4.78 is 0.